The van der Waals surface area contributed by atoms with Gasteiger partial charge >= 0.3 is 0 Å². The third kappa shape index (κ3) is 2.16. The van der Waals surface area contributed by atoms with Crippen LogP contribution in [0.3, 0.4) is 0 Å². The molecule has 3 heteroatoms. The van der Waals surface area contributed by atoms with Gasteiger partial charge in [0.1, 0.15) is 6.10 Å². The van der Waals surface area contributed by atoms with Gasteiger partial charge in [-0.2, -0.15) is 0 Å². The Morgan fingerprint density at radius 2 is 2.06 bits per heavy atom. The summed E-state index contributed by atoms with van der Waals surface area (Å²) < 4.78 is 5.97. The van der Waals surface area contributed by atoms with Gasteiger partial charge in [-0.1, -0.05) is 24.3 Å². The van der Waals surface area contributed by atoms with Gasteiger partial charge in [0.15, 0.2) is 0 Å². The number of fused-ring (bicyclic) bond motifs is 1. The van der Waals surface area contributed by atoms with Gasteiger partial charge in [-0.15, -0.1) is 0 Å². The Morgan fingerprint density at radius 1 is 1.17 bits per heavy atom. The summed E-state index contributed by atoms with van der Waals surface area (Å²) in [5, 5.41) is 0. The van der Waals surface area contributed by atoms with E-state index < -0.39 is 0 Å². The Hall–Kier alpha value is -2.03. The summed E-state index contributed by atoms with van der Waals surface area (Å²) in [5.74, 6) is 0.644. The van der Waals surface area contributed by atoms with E-state index in [-0.39, 0.29) is 6.10 Å². The molecule has 1 aliphatic rings. The molecule has 0 bridgehead atoms. The molecule has 0 amide bonds. The normalized spacial score (nSPS) is 18.1. The molecule has 1 aliphatic carbocycles. The monoisotopic (exact) mass is 240 g/mol. The van der Waals surface area contributed by atoms with Crippen molar-refractivity contribution in [2.75, 3.05) is 5.73 Å². The predicted octanol–water partition coefficient (Wildman–Crippen LogP) is 3.12. The van der Waals surface area contributed by atoms with E-state index in [1.165, 1.54) is 11.1 Å². The number of nitrogens with two attached hydrogens (primary N) is 1. The van der Waals surface area contributed by atoms with E-state index in [9.17, 15) is 0 Å². The smallest absolute Gasteiger partial charge is 0.213 e. The maximum atomic E-state index is 5.97. The average Bonchev–Trinajstić information content (AvgIpc) is 2.42. The zero-order valence-corrected chi connectivity index (χ0v) is 10.2. The Labute approximate surface area is 107 Å². The maximum absolute atomic E-state index is 5.97. The predicted molar refractivity (Wildman–Crippen MR) is 71.4 cm³/mol. The van der Waals surface area contributed by atoms with Crippen LogP contribution in [0.25, 0.3) is 0 Å². The topological polar surface area (TPSA) is 48.1 Å². The first-order valence-corrected chi connectivity index (χ1v) is 6.29. The average molecular weight is 240 g/mol. The summed E-state index contributed by atoms with van der Waals surface area (Å²) in [6.07, 6.45) is 5.10. The van der Waals surface area contributed by atoms with Crippen molar-refractivity contribution < 1.29 is 4.74 Å². The molecule has 1 aromatic heterocycles. The van der Waals surface area contributed by atoms with Gasteiger partial charge < -0.3 is 10.5 Å². The second kappa shape index (κ2) is 4.69. The largest absolute Gasteiger partial charge is 0.469 e. The Balaban J connectivity index is 1.84. The van der Waals surface area contributed by atoms with E-state index in [0.717, 1.165) is 19.3 Å². The summed E-state index contributed by atoms with van der Waals surface area (Å²) in [7, 11) is 0. The Morgan fingerprint density at radius 3 is 2.89 bits per heavy atom. The van der Waals surface area contributed by atoms with Gasteiger partial charge in [0.05, 0.1) is 11.9 Å². The molecular weight excluding hydrogens is 224 g/mol. The lowest BCUT2D eigenvalue weighted by Gasteiger charge is -2.25. The molecule has 1 atom stereocenters. The molecule has 1 aromatic carbocycles. The third-order valence-corrected chi connectivity index (χ3v) is 3.34. The standard InChI is InChI=1S/C15H16N2O/c16-12-8-9-15(17-10-12)18-14-7-3-5-11-4-1-2-6-13(11)14/h1-2,4,6,8-10,14H,3,5,7,16H2. The first-order valence-electron chi connectivity index (χ1n) is 6.29. The van der Waals surface area contributed by atoms with Gasteiger partial charge in [0.25, 0.3) is 0 Å². The molecule has 3 nitrogen and oxygen atoms in total. The molecule has 0 saturated heterocycles. The summed E-state index contributed by atoms with van der Waals surface area (Å²) in [5.41, 5.74) is 8.96. The molecular formula is C15H16N2O. The molecule has 0 saturated carbocycles. The van der Waals surface area contributed by atoms with Crippen molar-refractivity contribution in [2.45, 2.75) is 25.4 Å². The van der Waals surface area contributed by atoms with Crippen LogP contribution in [0.15, 0.2) is 42.6 Å². The van der Waals surface area contributed by atoms with Crippen LogP contribution in [-0.2, 0) is 6.42 Å². The zero-order valence-electron chi connectivity index (χ0n) is 10.2. The number of benzene rings is 1. The zero-order chi connectivity index (χ0) is 12.4. The second-order valence-electron chi connectivity index (χ2n) is 4.63. The van der Waals surface area contributed by atoms with Crippen LogP contribution in [0.4, 0.5) is 5.69 Å². The van der Waals surface area contributed by atoms with Crippen LogP contribution in [0.5, 0.6) is 5.88 Å². The van der Waals surface area contributed by atoms with E-state index in [4.69, 9.17) is 10.5 Å². The SMILES string of the molecule is Nc1ccc(OC2CCCc3ccccc32)nc1. The van der Waals surface area contributed by atoms with Crippen LogP contribution in [0, 0.1) is 0 Å². The highest BCUT2D eigenvalue weighted by Crippen LogP contribution is 2.32. The fraction of sp³-hybridized carbons (Fsp3) is 0.267. The molecule has 0 radical (unpaired) electrons. The third-order valence-electron chi connectivity index (χ3n) is 3.34. The van der Waals surface area contributed by atoms with Crippen LogP contribution >= 0.6 is 0 Å². The highest BCUT2D eigenvalue weighted by atomic mass is 16.5. The highest BCUT2D eigenvalue weighted by molar-refractivity contribution is 5.37. The molecule has 18 heavy (non-hydrogen) atoms. The van der Waals surface area contributed by atoms with Crippen molar-refractivity contribution in [3.8, 4) is 5.88 Å². The molecule has 1 unspecified atom stereocenters. The number of aromatic nitrogens is 1. The number of hydrogen-bond donors (Lipinski definition) is 1. The van der Waals surface area contributed by atoms with E-state index >= 15 is 0 Å². The minimum absolute atomic E-state index is 0.117. The van der Waals surface area contributed by atoms with Gasteiger partial charge in [-0.05, 0) is 36.5 Å². The number of rotatable bonds is 2. The van der Waals surface area contributed by atoms with Crippen LogP contribution in [-0.4, -0.2) is 4.98 Å². The molecule has 2 N–H and O–H groups in total. The molecule has 0 spiro atoms. The molecule has 3 rings (SSSR count). The van der Waals surface area contributed by atoms with Crippen LogP contribution in [0.2, 0.25) is 0 Å². The molecule has 2 aromatic rings. The van der Waals surface area contributed by atoms with Crippen molar-refractivity contribution in [2.24, 2.45) is 0 Å². The minimum atomic E-state index is 0.117. The second-order valence-corrected chi connectivity index (χ2v) is 4.63. The fourth-order valence-electron chi connectivity index (χ4n) is 2.44. The Kier molecular flexibility index (Phi) is 2.89. The fourth-order valence-corrected chi connectivity index (χ4v) is 2.44. The van der Waals surface area contributed by atoms with E-state index in [0.29, 0.717) is 11.6 Å². The lowest BCUT2D eigenvalue weighted by atomic mass is 9.89. The summed E-state index contributed by atoms with van der Waals surface area (Å²) in [6, 6.07) is 12.1. The number of nitrogens with zero attached hydrogens (tertiary/aromatic N) is 1. The van der Waals surface area contributed by atoms with Crippen molar-refractivity contribution >= 4 is 5.69 Å². The van der Waals surface area contributed by atoms with Gasteiger partial charge in [-0.25, -0.2) is 4.98 Å². The highest BCUT2D eigenvalue weighted by Gasteiger charge is 2.21. The minimum Gasteiger partial charge on any atom is -0.469 e. The van der Waals surface area contributed by atoms with Crippen molar-refractivity contribution in [3.05, 3.63) is 53.7 Å². The quantitative estimate of drug-likeness (QED) is 0.877. The van der Waals surface area contributed by atoms with Gasteiger partial charge in [-0.3, -0.25) is 0 Å². The summed E-state index contributed by atoms with van der Waals surface area (Å²) in [4.78, 5) is 4.20. The summed E-state index contributed by atoms with van der Waals surface area (Å²) >= 11 is 0. The molecule has 1 heterocycles. The lowest BCUT2D eigenvalue weighted by Crippen LogP contribution is -2.15. The van der Waals surface area contributed by atoms with Gasteiger partial charge in [0, 0.05) is 6.07 Å². The van der Waals surface area contributed by atoms with E-state index in [1.54, 1.807) is 6.20 Å². The number of pyridine rings is 1. The lowest BCUT2D eigenvalue weighted by molar-refractivity contribution is 0.176. The number of nitrogen functional groups attached to an aromatic ring is 1. The maximum Gasteiger partial charge on any atom is 0.213 e. The number of ether oxygens (including phenoxy) is 1. The van der Waals surface area contributed by atoms with Crippen molar-refractivity contribution in [1.29, 1.82) is 0 Å². The molecule has 0 aliphatic heterocycles. The summed E-state index contributed by atoms with van der Waals surface area (Å²) in [6.45, 7) is 0. The van der Waals surface area contributed by atoms with E-state index in [1.807, 2.05) is 12.1 Å². The molecule has 0 fully saturated rings. The number of anilines is 1. The van der Waals surface area contributed by atoms with Crippen LogP contribution < -0.4 is 10.5 Å². The number of hydrogen-bond acceptors (Lipinski definition) is 3. The number of aryl methyl sites for hydroxylation is 1. The first-order chi connectivity index (χ1) is 8.83. The first kappa shape index (κ1) is 11.1. The van der Waals surface area contributed by atoms with Crippen LogP contribution in [0.1, 0.15) is 30.1 Å². The van der Waals surface area contributed by atoms with Crippen molar-refractivity contribution in [1.82, 2.24) is 4.98 Å². The van der Waals surface area contributed by atoms with Gasteiger partial charge in [0.2, 0.25) is 5.88 Å². The molecule has 92 valence electrons. The van der Waals surface area contributed by atoms with E-state index in [2.05, 4.69) is 29.2 Å². The Bertz CT molecular complexity index is 536. The van der Waals surface area contributed by atoms with Crippen molar-refractivity contribution in [3.63, 3.8) is 0 Å².